The molecule has 0 saturated heterocycles. The van der Waals surface area contributed by atoms with Gasteiger partial charge in [0.15, 0.2) is 0 Å². The minimum atomic E-state index is -0.0473. The molecule has 2 aromatic rings. The smallest absolute Gasteiger partial charge is 0.305 e. The maximum Gasteiger partial charge on any atom is 0.305 e. The molecule has 0 aliphatic carbocycles. The van der Waals surface area contributed by atoms with Crippen LogP contribution >= 0.6 is 11.3 Å². The number of rotatable bonds is 3. The topological polar surface area (TPSA) is 62.0 Å². The second-order valence-corrected chi connectivity index (χ2v) is 4.62. The predicted molar refractivity (Wildman–Crippen MR) is 70.2 cm³/mol. The molecule has 0 spiro atoms. The van der Waals surface area contributed by atoms with Crippen molar-refractivity contribution in [2.24, 2.45) is 0 Å². The van der Waals surface area contributed by atoms with Crippen LogP contribution in [-0.4, -0.2) is 17.4 Å². The van der Waals surface area contributed by atoms with Crippen molar-refractivity contribution in [3.8, 4) is 0 Å². The Morgan fingerprint density at radius 2 is 2.35 bits per heavy atom. The summed E-state index contributed by atoms with van der Waals surface area (Å²) in [6.45, 7) is 1.99. The van der Waals surface area contributed by atoms with Gasteiger partial charge in [-0.25, -0.2) is 0 Å². The maximum absolute atomic E-state index is 11.1. The molecular formula is C12H12N2O2S. The van der Waals surface area contributed by atoms with Crippen LogP contribution < -0.4 is 10.2 Å². The van der Waals surface area contributed by atoms with Crippen molar-refractivity contribution < 1.29 is 4.79 Å². The van der Waals surface area contributed by atoms with Gasteiger partial charge in [-0.1, -0.05) is 29.6 Å². The van der Waals surface area contributed by atoms with Gasteiger partial charge in [-0.05, 0) is 17.7 Å². The highest BCUT2D eigenvalue weighted by Crippen LogP contribution is 2.16. The zero-order valence-electron chi connectivity index (χ0n) is 9.32. The Bertz CT molecular complexity index is 625. The molecule has 17 heavy (non-hydrogen) atoms. The second-order valence-electron chi connectivity index (χ2n) is 3.61. The third-order valence-corrected chi connectivity index (χ3v) is 3.07. The number of aromatic nitrogens is 1. The Hall–Kier alpha value is -1.88. The third kappa shape index (κ3) is 3.04. The number of hydrogen-bond acceptors (Lipinski definition) is 3. The van der Waals surface area contributed by atoms with Crippen LogP contribution in [0.1, 0.15) is 12.5 Å². The molecule has 0 bridgehead atoms. The Labute approximate surface area is 102 Å². The minimum absolute atomic E-state index is 0.0422. The molecular weight excluding hydrogens is 236 g/mol. The first-order chi connectivity index (χ1) is 8.15. The van der Waals surface area contributed by atoms with Crippen molar-refractivity contribution in [1.82, 2.24) is 10.3 Å². The van der Waals surface area contributed by atoms with Gasteiger partial charge in [-0.3, -0.25) is 9.59 Å². The van der Waals surface area contributed by atoms with Crippen molar-refractivity contribution >= 4 is 33.5 Å². The molecule has 5 heteroatoms. The standard InChI is InChI=1S/C12H12N2O2S/c1-8(15)13-6-2-3-9-4-5-10-11(7-9)17-12(16)14-10/h2-5,7H,6H2,1H3,(H,13,15)(H,14,16). The molecule has 0 aliphatic heterocycles. The highest BCUT2D eigenvalue weighted by molar-refractivity contribution is 7.16. The van der Waals surface area contributed by atoms with E-state index in [-0.39, 0.29) is 10.8 Å². The van der Waals surface area contributed by atoms with E-state index in [2.05, 4.69) is 10.3 Å². The lowest BCUT2D eigenvalue weighted by Gasteiger charge is -1.96. The van der Waals surface area contributed by atoms with Crippen LogP contribution in [0.4, 0.5) is 0 Å². The van der Waals surface area contributed by atoms with Gasteiger partial charge in [0.05, 0.1) is 10.2 Å². The zero-order chi connectivity index (χ0) is 12.3. The summed E-state index contributed by atoms with van der Waals surface area (Å²) in [4.78, 5) is 24.5. The molecule has 2 N–H and O–H groups in total. The summed E-state index contributed by atoms with van der Waals surface area (Å²) in [6, 6.07) is 5.75. The summed E-state index contributed by atoms with van der Waals surface area (Å²) < 4.78 is 0.941. The Balaban J connectivity index is 2.13. The van der Waals surface area contributed by atoms with E-state index in [9.17, 15) is 9.59 Å². The van der Waals surface area contributed by atoms with E-state index in [0.29, 0.717) is 6.54 Å². The molecule has 1 aromatic carbocycles. The third-order valence-electron chi connectivity index (χ3n) is 2.22. The van der Waals surface area contributed by atoms with Gasteiger partial charge in [0, 0.05) is 13.5 Å². The number of thiazole rings is 1. The first-order valence-corrected chi connectivity index (χ1v) is 6.00. The van der Waals surface area contributed by atoms with Crippen molar-refractivity contribution in [3.63, 3.8) is 0 Å². The van der Waals surface area contributed by atoms with Crippen molar-refractivity contribution in [2.45, 2.75) is 6.92 Å². The summed E-state index contributed by atoms with van der Waals surface area (Å²) in [5.41, 5.74) is 1.87. The fourth-order valence-corrected chi connectivity index (χ4v) is 2.25. The first kappa shape index (κ1) is 11.6. The number of carbonyl (C=O) groups is 1. The quantitative estimate of drug-likeness (QED) is 0.869. The van der Waals surface area contributed by atoms with Crippen molar-refractivity contribution in [3.05, 3.63) is 39.5 Å². The number of H-pyrrole nitrogens is 1. The average molecular weight is 248 g/mol. The summed E-state index contributed by atoms with van der Waals surface area (Å²) in [5, 5.41) is 2.68. The van der Waals surface area contributed by atoms with E-state index in [4.69, 9.17) is 0 Å². The number of benzene rings is 1. The minimum Gasteiger partial charge on any atom is -0.353 e. The monoisotopic (exact) mass is 248 g/mol. The lowest BCUT2D eigenvalue weighted by Crippen LogP contribution is -2.19. The maximum atomic E-state index is 11.1. The first-order valence-electron chi connectivity index (χ1n) is 5.19. The van der Waals surface area contributed by atoms with Gasteiger partial charge in [0.2, 0.25) is 5.91 Å². The summed E-state index contributed by atoms with van der Waals surface area (Å²) in [6.07, 6.45) is 3.79. The second kappa shape index (κ2) is 4.97. The molecule has 0 fully saturated rings. The number of aromatic amines is 1. The van der Waals surface area contributed by atoms with Crippen LogP contribution in [0.5, 0.6) is 0 Å². The molecule has 0 aliphatic rings. The van der Waals surface area contributed by atoms with Gasteiger partial charge in [0.1, 0.15) is 0 Å². The fourth-order valence-electron chi connectivity index (χ4n) is 1.46. The Morgan fingerprint density at radius 1 is 1.53 bits per heavy atom. The highest BCUT2D eigenvalue weighted by Gasteiger charge is 1.98. The lowest BCUT2D eigenvalue weighted by molar-refractivity contribution is -0.118. The van der Waals surface area contributed by atoms with Gasteiger partial charge >= 0.3 is 4.87 Å². The zero-order valence-corrected chi connectivity index (χ0v) is 10.1. The van der Waals surface area contributed by atoms with Crippen molar-refractivity contribution in [1.29, 1.82) is 0 Å². The predicted octanol–water partition coefficient (Wildman–Crippen LogP) is 1.74. The van der Waals surface area contributed by atoms with E-state index in [1.165, 1.54) is 18.3 Å². The van der Waals surface area contributed by atoms with Crippen LogP contribution in [0.25, 0.3) is 16.3 Å². The van der Waals surface area contributed by atoms with Gasteiger partial charge < -0.3 is 10.3 Å². The van der Waals surface area contributed by atoms with Gasteiger partial charge in [-0.2, -0.15) is 0 Å². The molecule has 2 rings (SSSR count). The van der Waals surface area contributed by atoms with Crippen LogP contribution in [-0.2, 0) is 4.79 Å². The Kier molecular flexibility index (Phi) is 3.39. The lowest BCUT2D eigenvalue weighted by atomic mass is 10.2. The van der Waals surface area contributed by atoms with E-state index < -0.39 is 0 Å². The summed E-state index contributed by atoms with van der Waals surface area (Å²) in [5.74, 6) is -0.0473. The molecule has 1 aromatic heterocycles. The molecule has 0 unspecified atom stereocenters. The van der Waals surface area contributed by atoms with Gasteiger partial charge in [0.25, 0.3) is 0 Å². The Morgan fingerprint density at radius 3 is 3.12 bits per heavy atom. The van der Waals surface area contributed by atoms with E-state index in [0.717, 1.165) is 15.8 Å². The molecule has 1 amide bonds. The number of nitrogens with one attached hydrogen (secondary N) is 2. The van der Waals surface area contributed by atoms with Crippen LogP contribution in [0.2, 0.25) is 0 Å². The van der Waals surface area contributed by atoms with E-state index in [1.807, 2.05) is 30.4 Å². The summed E-state index contributed by atoms with van der Waals surface area (Å²) >= 11 is 1.20. The molecule has 0 atom stereocenters. The number of amides is 1. The molecule has 0 saturated carbocycles. The number of hydrogen-bond donors (Lipinski definition) is 2. The largest absolute Gasteiger partial charge is 0.353 e. The highest BCUT2D eigenvalue weighted by atomic mass is 32.1. The molecule has 88 valence electrons. The SMILES string of the molecule is CC(=O)NCC=Cc1ccc2[nH]c(=O)sc2c1. The summed E-state index contributed by atoms with van der Waals surface area (Å²) in [7, 11) is 0. The molecule has 4 nitrogen and oxygen atoms in total. The van der Waals surface area contributed by atoms with E-state index >= 15 is 0 Å². The van der Waals surface area contributed by atoms with Gasteiger partial charge in [-0.15, -0.1) is 0 Å². The normalized spacial score (nSPS) is 11.1. The van der Waals surface area contributed by atoms with Crippen LogP contribution in [0.3, 0.4) is 0 Å². The number of fused-ring (bicyclic) bond motifs is 1. The van der Waals surface area contributed by atoms with E-state index in [1.54, 1.807) is 0 Å². The van der Waals surface area contributed by atoms with Crippen LogP contribution in [0, 0.1) is 0 Å². The molecule has 0 radical (unpaired) electrons. The fraction of sp³-hybridized carbons (Fsp3) is 0.167. The van der Waals surface area contributed by atoms with Crippen molar-refractivity contribution in [2.75, 3.05) is 6.54 Å². The average Bonchev–Trinajstić information content (AvgIpc) is 2.63. The number of carbonyl (C=O) groups excluding carboxylic acids is 1. The molecule has 1 heterocycles. The van der Waals surface area contributed by atoms with Crippen LogP contribution in [0.15, 0.2) is 29.1 Å².